The standard InChI is InChI=1S/C28H34BrN3O6S/c29-24-6-4-23(5-7-24)21-32-18-14-28(15-19-32,38-27(33)31-34)39(35,36)26-10-8-25(9-11-26)37-20-2-1-3-22-12-16-30-17-13-22/h4-11,22,30,34H,3,12-21H2,(H,31,33). The first-order valence-corrected chi connectivity index (χ1v) is 15.3. The molecule has 0 bridgehead atoms. The summed E-state index contributed by atoms with van der Waals surface area (Å²) in [5.41, 5.74) is 2.49. The van der Waals surface area contributed by atoms with E-state index in [4.69, 9.17) is 14.7 Å². The number of sulfone groups is 1. The number of halogens is 1. The Morgan fingerprint density at radius 3 is 2.38 bits per heavy atom. The van der Waals surface area contributed by atoms with Crippen LogP contribution in [-0.4, -0.2) is 62.3 Å². The molecule has 39 heavy (non-hydrogen) atoms. The SMILES string of the molecule is O=C(NO)OC1(S(=O)(=O)c2ccc(OCC#CCC3CCNCC3)cc2)CCN(Cc2ccc(Br)cc2)CC1. The molecule has 1 amide bonds. The summed E-state index contributed by atoms with van der Waals surface area (Å²) in [6.45, 7) is 3.73. The molecule has 2 aliphatic rings. The van der Waals surface area contributed by atoms with E-state index < -0.39 is 20.9 Å². The van der Waals surface area contributed by atoms with Gasteiger partial charge in [-0.15, -0.1) is 0 Å². The van der Waals surface area contributed by atoms with Gasteiger partial charge in [-0.25, -0.2) is 18.7 Å². The van der Waals surface area contributed by atoms with Crippen molar-refractivity contribution in [1.29, 1.82) is 0 Å². The highest BCUT2D eigenvalue weighted by molar-refractivity contribution is 9.10. The van der Waals surface area contributed by atoms with Crippen molar-refractivity contribution in [3.63, 3.8) is 0 Å². The zero-order valence-corrected chi connectivity index (χ0v) is 24.1. The van der Waals surface area contributed by atoms with Crippen LogP contribution in [0.3, 0.4) is 0 Å². The lowest BCUT2D eigenvalue weighted by molar-refractivity contribution is 0.000286. The number of hydrogen-bond acceptors (Lipinski definition) is 8. The third-order valence-corrected chi connectivity index (χ3v) is 10.1. The summed E-state index contributed by atoms with van der Waals surface area (Å²) in [5.74, 6) is 7.33. The molecule has 2 heterocycles. The minimum absolute atomic E-state index is 0.0129. The molecule has 11 heteroatoms. The van der Waals surface area contributed by atoms with Gasteiger partial charge in [-0.1, -0.05) is 39.9 Å². The number of nitrogens with one attached hydrogen (secondary N) is 2. The first-order valence-electron chi connectivity index (χ1n) is 13.1. The van der Waals surface area contributed by atoms with Gasteiger partial charge in [-0.3, -0.25) is 10.1 Å². The molecule has 0 atom stereocenters. The second-order valence-electron chi connectivity index (χ2n) is 9.83. The van der Waals surface area contributed by atoms with E-state index in [9.17, 15) is 13.2 Å². The maximum absolute atomic E-state index is 13.7. The molecule has 2 aromatic rings. The Labute approximate surface area is 238 Å². The molecular weight excluding hydrogens is 586 g/mol. The van der Waals surface area contributed by atoms with Crippen LogP contribution in [0.1, 0.15) is 37.7 Å². The predicted octanol–water partition coefficient (Wildman–Crippen LogP) is 4.10. The Balaban J connectivity index is 1.39. The van der Waals surface area contributed by atoms with Crippen molar-refractivity contribution in [2.75, 3.05) is 32.8 Å². The summed E-state index contributed by atoms with van der Waals surface area (Å²) < 4.78 is 39.5. The quantitative estimate of drug-likeness (QED) is 0.230. The monoisotopic (exact) mass is 619 g/mol. The van der Waals surface area contributed by atoms with Gasteiger partial charge in [0.2, 0.25) is 14.8 Å². The number of carbonyl (C=O) groups excluding carboxylic acids is 1. The molecule has 2 aromatic carbocycles. The van der Waals surface area contributed by atoms with Gasteiger partial charge in [0.25, 0.3) is 0 Å². The van der Waals surface area contributed by atoms with Crippen LogP contribution in [0.4, 0.5) is 4.79 Å². The van der Waals surface area contributed by atoms with Gasteiger partial charge < -0.3 is 14.8 Å². The normalized spacial score (nSPS) is 18.0. The molecule has 9 nitrogen and oxygen atoms in total. The summed E-state index contributed by atoms with van der Waals surface area (Å²) in [6, 6.07) is 14.0. The number of hydroxylamine groups is 1. The number of nitrogens with zero attached hydrogens (tertiary/aromatic N) is 1. The third-order valence-electron chi connectivity index (χ3n) is 7.22. The fourth-order valence-electron chi connectivity index (χ4n) is 4.92. The Morgan fingerprint density at radius 2 is 1.74 bits per heavy atom. The number of amides is 1. The van der Waals surface area contributed by atoms with Gasteiger partial charge in [0.1, 0.15) is 12.4 Å². The van der Waals surface area contributed by atoms with Gasteiger partial charge in [-0.2, -0.15) is 0 Å². The number of ether oxygens (including phenoxy) is 2. The summed E-state index contributed by atoms with van der Waals surface area (Å²) in [5, 5.41) is 12.4. The number of rotatable bonds is 8. The van der Waals surface area contributed by atoms with E-state index >= 15 is 0 Å². The third kappa shape index (κ3) is 7.74. The van der Waals surface area contributed by atoms with Crippen LogP contribution < -0.4 is 15.5 Å². The Morgan fingerprint density at radius 1 is 1.08 bits per heavy atom. The number of carbonyl (C=O) groups is 1. The number of likely N-dealkylation sites (tertiary alicyclic amines) is 1. The van der Waals surface area contributed by atoms with Gasteiger partial charge >= 0.3 is 6.09 Å². The molecule has 2 saturated heterocycles. The smallest absolute Gasteiger partial charge is 0.432 e. The van der Waals surface area contributed by atoms with E-state index in [0.29, 0.717) is 31.3 Å². The molecule has 4 rings (SSSR count). The summed E-state index contributed by atoms with van der Waals surface area (Å²) >= 11 is 3.43. The van der Waals surface area contributed by atoms with Gasteiger partial charge in [0, 0.05) is 43.4 Å². The van der Waals surface area contributed by atoms with Crippen molar-refractivity contribution in [2.24, 2.45) is 5.92 Å². The van der Waals surface area contributed by atoms with Crippen LogP contribution in [0.15, 0.2) is 57.9 Å². The van der Waals surface area contributed by atoms with Crippen LogP contribution in [-0.2, 0) is 21.1 Å². The number of piperidine rings is 2. The average Bonchev–Trinajstić information content (AvgIpc) is 2.96. The van der Waals surface area contributed by atoms with E-state index in [2.05, 4.69) is 38.0 Å². The number of benzene rings is 2. The predicted molar refractivity (Wildman–Crippen MR) is 150 cm³/mol. The van der Waals surface area contributed by atoms with Crippen LogP contribution in [0.25, 0.3) is 0 Å². The minimum Gasteiger partial charge on any atom is -0.481 e. The zero-order valence-electron chi connectivity index (χ0n) is 21.7. The van der Waals surface area contributed by atoms with E-state index in [1.54, 1.807) is 12.1 Å². The van der Waals surface area contributed by atoms with Crippen molar-refractivity contribution in [1.82, 2.24) is 15.7 Å². The molecule has 0 radical (unpaired) electrons. The molecule has 2 aliphatic heterocycles. The lowest BCUT2D eigenvalue weighted by Gasteiger charge is -2.40. The van der Waals surface area contributed by atoms with Crippen molar-refractivity contribution >= 4 is 31.9 Å². The lowest BCUT2D eigenvalue weighted by atomic mass is 9.95. The van der Waals surface area contributed by atoms with Crippen molar-refractivity contribution in [3.8, 4) is 17.6 Å². The van der Waals surface area contributed by atoms with Crippen LogP contribution in [0.5, 0.6) is 5.75 Å². The van der Waals surface area contributed by atoms with E-state index in [-0.39, 0.29) is 24.3 Å². The molecule has 3 N–H and O–H groups in total. The molecule has 0 spiro atoms. The average molecular weight is 621 g/mol. The Hall–Kier alpha value is -2.62. The fraction of sp³-hybridized carbons (Fsp3) is 0.464. The first-order chi connectivity index (χ1) is 18.8. The second-order valence-corrected chi connectivity index (χ2v) is 13.0. The maximum Gasteiger partial charge on any atom is 0.432 e. The second kappa shape index (κ2) is 13.6. The fourth-order valence-corrected chi connectivity index (χ4v) is 7.01. The highest BCUT2D eigenvalue weighted by Crippen LogP contribution is 2.37. The minimum atomic E-state index is -4.10. The first kappa shape index (κ1) is 29.4. The largest absolute Gasteiger partial charge is 0.481 e. The van der Waals surface area contributed by atoms with Gasteiger partial charge in [0.15, 0.2) is 0 Å². The molecule has 2 fully saturated rings. The Bertz CT molecular complexity index is 1260. The van der Waals surface area contributed by atoms with Crippen molar-refractivity contribution < 1.29 is 27.9 Å². The summed E-state index contributed by atoms with van der Waals surface area (Å²) in [6.07, 6.45) is 2.04. The highest BCUT2D eigenvalue weighted by Gasteiger charge is 2.50. The molecule has 210 valence electrons. The topological polar surface area (TPSA) is 117 Å². The van der Waals surface area contributed by atoms with Gasteiger partial charge in [0.05, 0.1) is 4.90 Å². The molecular formula is C28H34BrN3O6S. The molecule has 0 aromatic heterocycles. The summed E-state index contributed by atoms with van der Waals surface area (Å²) in [7, 11) is -4.10. The van der Waals surface area contributed by atoms with E-state index in [1.807, 2.05) is 24.3 Å². The van der Waals surface area contributed by atoms with E-state index in [0.717, 1.165) is 42.4 Å². The van der Waals surface area contributed by atoms with Crippen molar-refractivity contribution in [2.45, 2.75) is 48.5 Å². The number of hydrogen-bond donors (Lipinski definition) is 3. The van der Waals surface area contributed by atoms with Crippen LogP contribution >= 0.6 is 15.9 Å². The van der Waals surface area contributed by atoms with Gasteiger partial charge in [-0.05, 0) is 73.8 Å². The summed E-state index contributed by atoms with van der Waals surface area (Å²) in [4.78, 5) is 12.3. The highest BCUT2D eigenvalue weighted by atomic mass is 79.9. The van der Waals surface area contributed by atoms with Crippen LogP contribution in [0.2, 0.25) is 0 Å². The lowest BCUT2D eigenvalue weighted by Crippen LogP contribution is -2.52. The molecule has 0 aliphatic carbocycles. The maximum atomic E-state index is 13.7. The van der Waals surface area contributed by atoms with Crippen molar-refractivity contribution in [3.05, 3.63) is 58.6 Å². The van der Waals surface area contributed by atoms with Crippen LogP contribution in [0, 0.1) is 17.8 Å². The zero-order chi connectivity index (χ0) is 27.7. The van der Waals surface area contributed by atoms with E-state index in [1.165, 1.54) is 17.6 Å². The molecule has 0 unspecified atom stereocenters. The molecule has 0 saturated carbocycles. The Kier molecular flexibility index (Phi) is 10.3.